The predicted molar refractivity (Wildman–Crippen MR) is 117 cm³/mol. The lowest BCUT2D eigenvalue weighted by Gasteiger charge is -2.24. The molecule has 3 aromatic carbocycles. The van der Waals surface area contributed by atoms with Crippen molar-refractivity contribution in [2.45, 2.75) is 11.8 Å². The maximum Gasteiger partial charge on any atom is 0.343 e. The number of sulfonamides is 1. The molecular weight excluding hydrogens is 454 g/mol. The van der Waals surface area contributed by atoms with Crippen molar-refractivity contribution in [1.29, 1.82) is 0 Å². The second-order valence-corrected chi connectivity index (χ2v) is 8.98. The highest BCUT2D eigenvalue weighted by Crippen LogP contribution is 2.25. The molecule has 0 N–H and O–H groups in total. The van der Waals surface area contributed by atoms with Crippen molar-refractivity contribution in [2.75, 3.05) is 16.2 Å². The Balaban J connectivity index is 1.85. The number of anilines is 1. The second kappa shape index (κ2) is 9.24. The van der Waals surface area contributed by atoms with Crippen LogP contribution < -0.4 is 9.04 Å². The monoisotopic (exact) mass is 473 g/mol. The fraction of sp³-hybridized carbons (Fsp3) is 0.136. The summed E-state index contributed by atoms with van der Waals surface area (Å²) < 4.78 is 32.9. The zero-order chi connectivity index (χ0) is 20.9. The number of hydrogen-bond acceptors (Lipinski definition) is 4. The number of hydrogen-bond donors (Lipinski definition) is 0. The average molecular weight is 474 g/mol. The van der Waals surface area contributed by atoms with Gasteiger partial charge in [0.15, 0.2) is 0 Å². The summed E-state index contributed by atoms with van der Waals surface area (Å²) in [6, 6.07) is 21.8. The highest BCUT2D eigenvalue weighted by atomic mass is 79.9. The Morgan fingerprint density at radius 1 is 0.931 bits per heavy atom. The lowest BCUT2D eigenvalue weighted by molar-refractivity contribution is 0.0735. The molecule has 3 rings (SSSR count). The Morgan fingerprint density at radius 2 is 1.55 bits per heavy atom. The average Bonchev–Trinajstić information content (AvgIpc) is 2.73. The van der Waals surface area contributed by atoms with E-state index in [4.69, 9.17) is 4.74 Å². The van der Waals surface area contributed by atoms with E-state index in [1.165, 1.54) is 4.31 Å². The first-order valence-electron chi connectivity index (χ1n) is 8.94. The molecule has 0 spiro atoms. The van der Waals surface area contributed by atoms with Crippen molar-refractivity contribution in [3.8, 4) is 5.75 Å². The molecule has 0 aliphatic carbocycles. The van der Waals surface area contributed by atoms with Gasteiger partial charge in [-0.3, -0.25) is 4.31 Å². The van der Waals surface area contributed by atoms with Crippen molar-refractivity contribution in [1.82, 2.24) is 0 Å². The zero-order valence-electron chi connectivity index (χ0n) is 15.8. The number of aryl methyl sites for hydroxylation is 1. The molecule has 5 nitrogen and oxygen atoms in total. The molecule has 0 saturated carbocycles. The van der Waals surface area contributed by atoms with Gasteiger partial charge >= 0.3 is 5.97 Å². The van der Waals surface area contributed by atoms with Crippen molar-refractivity contribution >= 4 is 37.6 Å². The van der Waals surface area contributed by atoms with Crippen LogP contribution >= 0.6 is 15.9 Å². The maximum absolute atomic E-state index is 13.1. The third kappa shape index (κ3) is 5.05. The van der Waals surface area contributed by atoms with E-state index in [-0.39, 0.29) is 11.4 Å². The molecule has 0 amide bonds. The van der Waals surface area contributed by atoms with Crippen LogP contribution in [0.25, 0.3) is 0 Å². The summed E-state index contributed by atoms with van der Waals surface area (Å²) in [6.07, 6.45) is 0. The van der Waals surface area contributed by atoms with Crippen molar-refractivity contribution in [3.63, 3.8) is 0 Å². The Morgan fingerprint density at radius 3 is 2.14 bits per heavy atom. The van der Waals surface area contributed by atoms with Gasteiger partial charge < -0.3 is 4.74 Å². The molecule has 0 heterocycles. The van der Waals surface area contributed by atoms with Gasteiger partial charge in [-0.1, -0.05) is 51.8 Å². The first-order valence-corrected chi connectivity index (χ1v) is 11.5. The normalized spacial score (nSPS) is 11.1. The van der Waals surface area contributed by atoms with E-state index in [1.807, 2.05) is 13.0 Å². The molecule has 0 radical (unpaired) electrons. The first kappa shape index (κ1) is 21.1. The standard InChI is InChI=1S/C22H20BrNO4S/c1-17-7-13-21(14-8-17)29(26,27)24(16-15-23)19-11-9-18(10-12-19)22(25)28-20-5-3-2-4-6-20/h2-14H,15-16H2,1H3. The number of carbonyl (C=O) groups is 1. The van der Waals surface area contributed by atoms with Crippen LogP contribution in [0.5, 0.6) is 5.75 Å². The van der Waals surface area contributed by atoms with Crippen molar-refractivity contribution < 1.29 is 17.9 Å². The molecule has 0 aliphatic rings. The summed E-state index contributed by atoms with van der Waals surface area (Å²) in [5.41, 5.74) is 1.79. The van der Waals surface area contributed by atoms with E-state index in [0.29, 0.717) is 22.3 Å². The van der Waals surface area contributed by atoms with Crippen molar-refractivity contribution in [3.05, 3.63) is 90.0 Å². The Labute approximate surface area is 179 Å². The van der Waals surface area contributed by atoms with Gasteiger partial charge in [-0.2, -0.15) is 0 Å². The molecule has 3 aromatic rings. The van der Waals surface area contributed by atoms with Gasteiger partial charge in [0.05, 0.1) is 16.1 Å². The summed E-state index contributed by atoms with van der Waals surface area (Å²) in [6.45, 7) is 2.16. The molecule has 0 saturated heterocycles. The number of halogens is 1. The van der Waals surface area contributed by atoms with E-state index in [9.17, 15) is 13.2 Å². The highest BCUT2D eigenvalue weighted by molar-refractivity contribution is 9.09. The summed E-state index contributed by atoms with van der Waals surface area (Å²) in [5.74, 6) is -0.0550. The number of esters is 1. The van der Waals surface area contributed by atoms with Crippen LogP contribution in [0.3, 0.4) is 0 Å². The van der Waals surface area contributed by atoms with Gasteiger partial charge in [0.1, 0.15) is 5.75 Å². The van der Waals surface area contributed by atoms with Crippen LogP contribution in [0.2, 0.25) is 0 Å². The van der Waals surface area contributed by atoms with E-state index in [2.05, 4.69) is 15.9 Å². The molecule has 0 fully saturated rings. The first-order chi connectivity index (χ1) is 13.9. The summed E-state index contributed by atoms with van der Waals surface area (Å²) >= 11 is 3.32. The van der Waals surface area contributed by atoms with Crippen LogP contribution in [0.15, 0.2) is 83.8 Å². The molecular formula is C22H20BrNO4S. The molecule has 150 valence electrons. The number of rotatable bonds is 7. The number of nitrogens with zero attached hydrogens (tertiary/aromatic N) is 1. The van der Waals surface area contributed by atoms with Crippen LogP contribution in [0.1, 0.15) is 15.9 Å². The van der Waals surface area contributed by atoms with Gasteiger partial charge in [-0.25, -0.2) is 13.2 Å². The molecule has 0 aliphatic heterocycles. The third-order valence-electron chi connectivity index (χ3n) is 4.24. The zero-order valence-corrected chi connectivity index (χ0v) is 18.2. The smallest absolute Gasteiger partial charge is 0.343 e. The van der Waals surface area contributed by atoms with Gasteiger partial charge in [-0.05, 0) is 55.5 Å². The van der Waals surface area contributed by atoms with E-state index in [1.54, 1.807) is 72.8 Å². The number of para-hydroxylation sites is 1. The third-order valence-corrected chi connectivity index (χ3v) is 6.44. The molecule has 0 bridgehead atoms. The van der Waals surface area contributed by atoms with Gasteiger partial charge in [-0.15, -0.1) is 0 Å². The minimum Gasteiger partial charge on any atom is -0.423 e. The minimum absolute atomic E-state index is 0.219. The Hall–Kier alpha value is -2.64. The molecule has 29 heavy (non-hydrogen) atoms. The molecule has 7 heteroatoms. The quantitative estimate of drug-likeness (QED) is 0.280. The summed E-state index contributed by atoms with van der Waals surface area (Å²) in [7, 11) is -3.73. The molecule has 0 atom stereocenters. The fourth-order valence-electron chi connectivity index (χ4n) is 2.72. The highest BCUT2D eigenvalue weighted by Gasteiger charge is 2.24. The Bertz CT molecular complexity index is 1070. The lowest BCUT2D eigenvalue weighted by atomic mass is 10.2. The van der Waals surface area contributed by atoms with E-state index < -0.39 is 16.0 Å². The van der Waals surface area contributed by atoms with Gasteiger partial charge in [0, 0.05) is 11.9 Å². The molecule has 0 aromatic heterocycles. The lowest BCUT2D eigenvalue weighted by Crippen LogP contribution is -2.32. The summed E-state index contributed by atoms with van der Waals surface area (Å²) in [5, 5.41) is 0.468. The number of benzene rings is 3. The maximum atomic E-state index is 13.1. The van der Waals surface area contributed by atoms with Crippen LogP contribution in [0.4, 0.5) is 5.69 Å². The number of carbonyl (C=O) groups excluding carboxylic acids is 1. The van der Waals surface area contributed by atoms with Crippen molar-refractivity contribution in [2.24, 2.45) is 0 Å². The molecule has 0 unspecified atom stereocenters. The fourth-order valence-corrected chi connectivity index (χ4v) is 4.78. The van der Waals surface area contributed by atoms with E-state index >= 15 is 0 Å². The van der Waals surface area contributed by atoms with Crippen LogP contribution in [-0.4, -0.2) is 26.3 Å². The van der Waals surface area contributed by atoms with Crippen LogP contribution in [-0.2, 0) is 10.0 Å². The summed E-state index contributed by atoms with van der Waals surface area (Å²) in [4.78, 5) is 12.5. The Kier molecular flexibility index (Phi) is 6.71. The number of alkyl halides is 1. The minimum atomic E-state index is -3.73. The van der Waals surface area contributed by atoms with E-state index in [0.717, 1.165) is 5.56 Å². The second-order valence-electron chi connectivity index (χ2n) is 6.33. The van der Waals surface area contributed by atoms with Gasteiger partial charge in [0.2, 0.25) is 0 Å². The van der Waals surface area contributed by atoms with Gasteiger partial charge in [0.25, 0.3) is 10.0 Å². The largest absolute Gasteiger partial charge is 0.423 e. The predicted octanol–water partition coefficient (Wildman–Crippen LogP) is 4.80. The number of ether oxygens (including phenoxy) is 1. The SMILES string of the molecule is Cc1ccc(S(=O)(=O)N(CCBr)c2ccc(C(=O)Oc3ccccc3)cc2)cc1. The topological polar surface area (TPSA) is 63.7 Å². The van der Waals surface area contributed by atoms with Crippen LogP contribution in [0, 0.1) is 6.92 Å².